The highest BCUT2D eigenvalue weighted by molar-refractivity contribution is 5.90. The van der Waals surface area contributed by atoms with Gasteiger partial charge in [-0.2, -0.15) is 0 Å². The van der Waals surface area contributed by atoms with Crippen molar-refractivity contribution in [1.29, 1.82) is 0 Å². The monoisotopic (exact) mass is 485 g/mol. The van der Waals surface area contributed by atoms with Crippen molar-refractivity contribution in [1.82, 2.24) is 10.6 Å². The van der Waals surface area contributed by atoms with Crippen LogP contribution >= 0.6 is 0 Å². The Morgan fingerprint density at radius 2 is 1.63 bits per heavy atom. The molecule has 0 unspecified atom stereocenters. The molecule has 0 aromatic heterocycles. The molecule has 186 valence electrons. The maximum atomic E-state index is 12.5. The summed E-state index contributed by atoms with van der Waals surface area (Å²) in [5.74, 6) is 2.40. The molecular weight excluding hydrogens is 458 g/mol. The summed E-state index contributed by atoms with van der Waals surface area (Å²) in [6.07, 6.45) is 0.344. The van der Waals surface area contributed by atoms with Crippen LogP contribution in [0.2, 0.25) is 0 Å². The van der Waals surface area contributed by atoms with E-state index < -0.39 is 12.1 Å². The lowest BCUT2D eigenvalue weighted by Crippen LogP contribution is -2.52. The number of aliphatic hydroxyl groups excluding tert-OH is 1. The first kappa shape index (κ1) is 23.1. The van der Waals surface area contributed by atoms with E-state index >= 15 is 0 Å². The molecule has 0 saturated carbocycles. The Kier molecular flexibility index (Phi) is 6.77. The van der Waals surface area contributed by atoms with Gasteiger partial charge in [-0.15, -0.1) is 0 Å². The molecule has 2 aromatic rings. The summed E-state index contributed by atoms with van der Waals surface area (Å²) in [7, 11) is 0. The van der Waals surface area contributed by atoms with E-state index in [1.165, 1.54) is 0 Å². The standard InChI is InChI=1S/C24H27N3O8/c28-11-22-17(27-24(30)26-15-2-6-19-21(8-15)34-13-32-19)4-3-16(35-22)9-23(29)25-10-14-1-5-18-20(7-14)33-12-31-18/h1-2,5-8,16-17,22,28H,3-4,9-13H2,(H,25,29)(H2,26,27,30)/t16-,17+,22-/m1/s1. The van der Waals surface area contributed by atoms with Crippen LogP contribution in [0.5, 0.6) is 23.0 Å². The van der Waals surface area contributed by atoms with Crippen LogP contribution in [0.4, 0.5) is 10.5 Å². The second-order valence-corrected chi connectivity index (χ2v) is 8.50. The summed E-state index contributed by atoms with van der Waals surface area (Å²) in [6, 6.07) is 9.84. The third-order valence-corrected chi connectivity index (χ3v) is 6.08. The quantitative estimate of drug-likeness (QED) is 0.467. The minimum atomic E-state index is -0.613. The number of ether oxygens (including phenoxy) is 5. The van der Waals surface area contributed by atoms with Crippen molar-refractivity contribution in [2.75, 3.05) is 25.5 Å². The number of hydrogen-bond acceptors (Lipinski definition) is 8. The number of carbonyl (C=O) groups excluding carboxylic acids is 2. The molecule has 3 heterocycles. The second kappa shape index (κ2) is 10.3. The van der Waals surface area contributed by atoms with Crippen molar-refractivity contribution in [2.24, 2.45) is 0 Å². The SMILES string of the molecule is O=C(C[C@H]1CC[C@H](NC(=O)Nc2ccc3c(c2)OCO3)[C@@H](CO)O1)NCc1ccc2c(c1)OCO2. The highest BCUT2D eigenvalue weighted by Gasteiger charge is 2.33. The van der Waals surface area contributed by atoms with Gasteiger partial charge in [0.15, 0.2) is 23.0 Å². The van der Waals surface area contributed by atoms with Gasteiger partial charge in [-0.3, -0.25) is 4.79 Å². The van der Waals surface area contributed by atoms with Gasteiger partial charge >= 0.3 is 6.03 Å². The molecule has 3 atom stereocenters. The topological polar surface area (TPSA) is 137 Å². The number of benzene rings is 2. The number of anilines is 1. The Balaban J connectivity index is 1.07. The predicted molar refractivity (Wildman–Crippen MR) is 123 cm³/mol. The van der Waals surface area contributed by atoms with Crippen LogP contribution in [0.1, 0.15) is 24.8 Å². The molecule has 1 saturated heterocycles. The number of fused-ring (bicyclic) bond motifs is 2. The first-order chi connectivity index (χ1) is 17.1. The smallest absolute Gasteiger partial charge is 0.319 e. The molecule has 0 radical (unpaired) electrons. The zero-order chi connectivity index (χ0) is 24.2. The van der Waals surface area contributed by atoms with Gasteiger partial charge in [0.1, 0.15) is 6.10 Å². The Labute approximate surface area is 201 Å². The third-order valence-electron chi connectivity index (χ3n) is 6.08. The van der Waals surface area contributed by atoms with Gasteiger partial charge in [-0.1, -0.05) is 6.07 Å². The average molecular weight is 485 g/mol. The van der Waals surface area contributed by atoms with Crippen molar-refractivity contribution < 1.29 is 38.4 Å². The first-order valence-electron chi connectivity index (χ1n) is 11.5. The fraction of sp³-hybridized carbons (Fsp3) is 0.417. The fourth-order valence-electron chi connectivity index (χ4n) is 4.29. The van der Waals surface area contributed by atoms with Gasteiger partial charge in [0.05, 0.1) is 25.2 Å². The van der Waals surface area contributed by atoms with Crippen LogP contribution in [-0.2, 0) is 16.1 Å². The first-order valence-corrected chi connectivity index (χ1v) is 11.5. The zero-order valence-electron chi connectivity index (χ0n) is 19.0. The Morgan fingerprint density at radius 3 is 2.40 bits per heavy atom. The van der Waals surface area contributed by atoms with Gasteiger partial charge in [-0.05, 0) is 42.7 Å². The Morgan fingerprint density at radius 1 is 0.914 bits per heavy atom. The fourth-order valence-corrected chi connectivity index (χ4v) is 4.29. The van der Waals surface area contributed by atoms with E-state index in [-0.39, 0.29) is 44.7 Å². The molecule has 11 heteroatoms. The lowest BCUT2D eigenvalue weighted by atomic mass is 9.97. The van der Waals surface area contributed by atoms with Gasteiger partial charge in [0.25, 0.3) is 0 Å². The van der Waals surface area contributed by atoms with Crippen LogP contribution in [-0.4, -0.2) is 55.5 Å². The van der Waals surface area contributed by atoms with Crippen molar-refractivity contribution in [3.63, 3.8) is 0 Å². The number of amides is 3. The van der Waals surface area contributed by atoms with Crippen LogP contribution in [0.15, 0.2) is 36.4 Å². The lowest BCUT2D eigenvalue weighted by molar-refractivity contribution is -0.130. The zero-order valence-corrected chi connectivity index (χ0v) is 19.0. The molecule has 5 rings (SSSR count). The van der Waals surface area contributed by atoms with E-state index in [0.29, 0.717) is 48.1 Å². The van der Waals surface area contributed by atoms with Crippen LogP contribution in [0, 0.1) is 0 Å². The van der Waals surface area contributed by atoms with E-state index in [9.17, 15) is 14.7 Å². The summed E-state index contributed by atoms with van der Waals surface area (Å²) >= 11 is 0. The molecule has 3 aliphatic rings. The van der Waals surface area contributed by atoms with Crippen molar-refractivity contribution in [3.05, 3.63) is 42.0 Å². The van der Waals surface area contributed by atoms with Crippen LogP contribution in [0.3, 0.4) is 0 Å². The highest BCUT2D eigenvalue weighted by Crippen LogP contribution is 2.34. The van der Waals surface area contributed by atoms with Crippen molar-refractivity contribution >= 4 is 17.6 Å². The summed E-state index contributed by atoms with van der Waals surface area (Å²) in [4.78, 5) is 24.9. The van der Waals surface area contributed by atoms with Crippen LogP contribution in [0.25, 0.3) is 0 Å². The van der Waals surface area contributed by atoms with E-state index in [1.54, 1.807) is 18.2 Å². The van der Waals surface area contributed by atoms with Crippen molar-refractivity contribution in [3.8, 4) is 23.0 Å². The molecule has 0 aliphatic carbocycles. The molecule has 3 amide bonds. The molecule has 35 heavy (non-hydrogen) atoms. The molecule has 0 spiro atoms. The van der Waals surface area contributed by atoms with Gasteiger partial charge in [0, 0.05) is 18.3 Å². The van der Waals surface area contributed by atoms with E-state index in [4.69, 9.17) is 23.7 Å². The van der Waals surface area contributed by atoms with E-state index in [1.807, 2.05) is 18.2 Å². The Hall–Kier alpha value is -3.70. The minimum absolute atomic E-state index is 0.153. The van der Waals surface area contributed by atoms with Crippen LogP contribution < -0.4 is 34.9 Å². The molecule has 0 bridgehead atoms. The number of rotatable bonds is 7. The summed E-state index contributed by atoms with van der Waals surface area (Å²) in [6.45, 7) is 0.437. The number of aliphatic hydroxyl groups is 1. The summed E-state index contributed by atoms with van der Waals surface area (Å²) in [5, 5.41) is 18.3. The van der Waals surface area contributed by atoms with Crippen molar-refractivity contribution in [2.45, 2.75) is 44.1 Å². The van der Waals surface area contributed by atoms with Gasteiger partial charge < -0.3 is 44.7 Å². The number of hydrogen-bond donors (Lipinski definition) is 4. The third kappa shape index (κ3) is 5.52. The largest absolute Gasteiger partial charge is 0.454 e. The maximum Gasteiger partial charge on any atom is 0.319 e. The minimum Gasteiger partial charge on any atom is -0.454 e. The van der Waals surface area contributed by atoms with Gasteiger partial charge in [0.2, 0.25) is 19.5 Å². The summed E-state index contributed by atoms with van der Waals surface area (Å²) < 4.78 is 27.1. The summed E-state index contributed by atoms with van der Waals surface area (Å²) in [5.41, 5.74) is 1.46. The highest BCUT2D eigenvalue weighted by atomic mass is 16.7. The normalized spacial score (nSPS) is 21.9. The number of nitrogens with one attached hydrogen (secondary N) is 3. The number of carbonyl (C=O) groups is 2. The van der Waals surface area contributed by atoms with Gasteiger partial charge in [-0.25, -0.2) is 4.79 Å². The maximum absolute atomic E-state index is 12.5. The lowest BCUT2D eigenvalue weighted by Gasteiger charge is -2.35. The Bertz CT molecular complexity index is 1090. The van der Waals surface area contributed by atoms with E-state index in [2.05, 4.69) is 16.0 Å². The predicted octanol–water partition coefficient (Wildman–Crippen LogP) is 1.88. The molecular formula is C24H27N3O8. The second-order valence-electron chi connectivity index (χ2n) is 8.50. The average Bonchev–Trinajstić information content (AvgIpc) is 3.52. The molecule has 3 aliphatic heterocycles. The molecule has 2 aromatic carbocycles. The molecule has 4 N–H and O–H groups in total. The number of urea groups is 1. The molecule has 1 fully saturated rings. The molecule has 11 nitrogen and oxygen atoms in total. The van der Waals surface area contributed by atoms with E-state index in [0.717, 1.165) is 5.56 Å².